The Labute approximate surface area is 433 Å². The van der Waals surface area contributed by atoms with Crippen molar-refractivity contribution in [2.75, 3.05) is 13.2 Å². The zero-order valence-corrected chi connectivity index (χ0v) is 46.3. The maximum atomic E-state index is 12.8. The fourth-order valence-corrected chi connectivity index (χ4v) is 8.51. The molecule has 0 amide bonds. The van der Waals surface area contributed by atoms with Crippen LogP contribution in [0.2, 0.25) is 0 Å². The van der Waals surface area contributed by atoms with Gasteiger partial charge >= 0.3 is 17.9 Å². The lowest BCUT2D eigenvalue weighted by atomic mass is 10.0. The third-order valence-electron chi connectivity index (χ3n) is 13.0. The van der Waals surface area contributed by atoms with Gasteiger partial charge in [0.25, 0.3) is 0 Å². The van der Waals surface area contributed by atoms with E-state index < -0.39 is 6.10 Å². The molecule has 6 heteroatoms. The Kier molecular flexibility index (Phi) is 55.8. The van der Waals surface area contributed by atoms with Gasteiger partial charge < -0.3 is 14.2 Å². The van der Waals surface area contributed by atoms with Crippen molar-refractivity contribution < 1.29 is 28.6 Å². The van der Waals surface area contributed by atoms with E-state index >= 15 is 0 Å². The third-order valence-corrected chi connectivity index (χ3v) is 13.0. The summed E-state index contributed by atoms with van der Waals surface area (Å²) in [6.45, 7) is 6.47. The Morgan fingerprint density at radius 3 is 0.871 bits per heavy atom. The van der Waals surface area contributed by atoms with E-state index in [0.29, 0.717) is 19.3 Å². The highest BCUT2D eigenvalue weighted by Gasteiger charge is 2.19. The molecule has 0 aromatic carbocycles. The third kappa shape index (κ3) is 55.8. The highest BCUT2D eigenvalue weighted by Crippen LogP contribution is 2.16. The molecular formula is C64H112O6. The molecule has 0 rings (SSSR count). The number of carbonyl (C=O) groups excluding carboxylic acids is 3. The minimum Gasteiger partial charge on any atom is -0.462 e. The number of hydrogen-bond donors (Lipinski definition) is 0. The van der Waals surface area contributed by atoms with E-state index in [-0.39, 0.29) is 31.1 Å². The van der Waals surface area contributed by atoms with E-state index in [1.165, 1.54) is 154 Å². The number of unbranched alkanes of at least 4 members (excludes halogenated alkanes) is 31. The van der Waals surface area contributed by atoms with Gasteiger partial charge in [-0.3, -0.25) is 14.4 Å². The Bertz CT molecular complexity index is 1310. The Morgan fingerprint density at radius 1 is 0.300 bits per heavy atom. The standard InChI is InChI=1S/C64H112O6/c1-4-7-10-13-15-17-19-21-23-25-26-27-28-29-30-31-32-33-34-35-36-37-38-39-41-42-44-46-48-51-54-57-63(66)69-60-61(59-68-62(65)56-53-50-12-9-6-3)70-64(67)58-55-52-49-47-45-43-40-24-22-20-18-16-14-11-8-5-2/h7,10,15,17,21,23,26-27,29-30,32-33,61H,4-6,8-9,11-14,16,18-20,22,24-25,28,31,34-60H2,1-3H3/b10-7-,17-15-,23-21-,27-26-,30-29-,33-32-. The predicted octanol–water partition coefficient (Wildman–Crippen LogP) is 20.2. The maximum absolute atomic E-state index is 12.8. The summed E-state index contributed by atoms with van der Waals surface area (Å²) in [5.41, 5.74) is 0. The number of rotatable bonds is 54. The lowest BCUT2D eigenvalue weighted by molar-refractivity contribution is -0.167. The average Bonchev–Trinajstić information content (AvgIpc) is 3.36. The molecule has 0 N–H and O–H groups in total. The normalized spacial score (nSPS) is 12.6. The molecule has 0 fully saturated rings. The van der Waals surface area contributed by atoms with Gasteiger partial charge in [0.2, 0.25) is 0 Å². The van der Waals surface area contributed by atoms with Crippen molar-refractivity contribution in [3.8, 4) is 0 Å². The molecule has 0 aliphatic heterocycles. The van der Waals surface area contributed by atoms with Gasteiger partial charge in [0.1, 0.15) is 13.2 Å². The smallest absolute Gasteiger partial charge is 0.306 e. The first-order valence-electron chi connectivity index (χ1n) is 29.9. The summed E-state index contributed by atoms with van der Waals surface area (Å²) in [5, 5.41) is 0. The van der Waals surface area contributed by atoms with Crippen LogP contribution in [0.15, 0.2) is 72.9 Å². The molecule has 70 heavy (non-hydrogen) atoms. The number of allylic oxidation sites excluding steroid dienone is 12. The van der Waals surface area contributed by atoms with E-state index in [4.69, 9.17) is 14.2 Å². The summed E-state index contributed by atoms with van der Waals surface area (Å²) >= 11 is 0. The fourth-order valence-electron chi connectivity index (χ4n) is 8.51. The van der Waals surface area contributed by atoms with Crippen molar-refractivity contribution in [1.29, 1.82) is 0 Å². The zero-order chi connectivity index (χ0) is 50.7. The van der Waals surface area contributed by atoms with Gasteiger partial charge in [0, 0.05) is 19.3 Å². The largest absolute Gasteiger partial charge is 0.462 e. The van der Waals surface area contributed by atoms with Crippen molar-refractivity contribution >= 4 is 17.9 Å². The second-order valence-corrected chi connectivity index (χ2v) is 19.9. The average molecular weight is 978 g/mol. The van der Waals surface area contributed by atoms with Crippen LogP contribution >= 0.6 is 0 Å². The van der Waals surface area contributed by atoms with Crippen molar-refractivity contribution in [2.24, 2.45) is 0 Å². The number of hydrogen-bond acceptors (Lipinski definition) is 6. The molecule has 0 aromatic heterocycles. The number of esters is 3. The van der Waals surface area contributed by atoms with E-state index in [9.17, 15) is 14.4 Å². The van der Waals surface area contributed by atoms with Crippen molar-refractivity contribution in [2.45, 2.75) is 303 Å². The second kappa shape index (κ2) is 58.4. The zero-order valence-electron chi connectivity index (χ0n) is 46.3. The first kappa shape index (κ1) is 66.9. The summed E-state index contributed by atoms with van der Waals surface area (Å²) in [6, 6.07) is 0. The lowest BCUT2D eigenvalue weighted by Gasteiger charge is -2.18. The molecule has 0 aliphatic carbocycles. The van der Waals surface area contributed by atoms with E-state index in [1.807, 2.05) is 0 Å². The molecule has 0 aliphatic rings. The Balaban J connectivity index is 4.00. The van der Waals surface area contributed by atoms with E-state index in [2.05, 4.69) is 93.7 Å². The molecule has 0 spiro atoms. The van der Waals surface area contributed by atoms with Crippen LogP contribution in [-0.2, 0) is 28.6 Å². The molecule has 1 atom stereocenters. The van der Waals surface area contributed by atoms with Gasteiger partial charge in [0.05, 0.1) is 0 Å². The fraction of sp³-hybridized carbons (Fsp3) is 0.766. The van der Waals surface area contributed by atoms with Crippen LogP contribution in [0, 0.1) is 0 Å². The molecule has 0 radical (unpaired) electrons. The Morgan fingerprint density at radius 2 is 0.557 bits per heavy atom. The summed E-state index contributed by atoms with van der Waals surface area (Å²) in [6.07, 6.45) is 75.2. The van der Waals surface area contributed by atoms with Crippen LogP contribution in [0.25, 0.3) is 0 Å². The van der Waals surface area contributed by atoms with Gasteiger partial charge in [-0.25, -0.2) is 0 Å². The summed E-state index contributed by atoms with van der Waals surface area (Å²) in [7, 11) is 0. The minimum absolute atomic E-state index is 0.0726. The van der Waals surface area contributed by atoms with Gasteiger partial charge in [0.15, 0.2) is 6.10 Å². The predicted molar refractivity (Wildman–Crippen MR) is 302 cm³/mol. The van der Waals surface area contributed by atoms with Crippen molar-refractivity contribution in [3.63, 3.8) is 0 Å². The molecule has 6 nitrogen and oxygen atoms in total. The van der Waals surface area contributed by atoms with Crippen LogP contribution in [0.5, 0.6) is 0 Å². The SMILES string of the molecule is CC/C=C\C/C=C\C/C=C\C/C=C\C/C=C\C/C=C\CCCCCCCCCCCCCCC(=O)OCC(COC(=O)CCCCCCC)OC(=O)CCCCCCCCCCCCCCCCCC. The number of ether oxygens (including phenoxy) is 3. The molecule has 0 bridgehead atoms. The first-order valence-corrected chi connectivity index (χ1v) is 29.9. The number of carbonyl (C=O) groups is 3. The Hall–Kier alpha value is -3.15. The quantitative estimate of drug-likeness (QED) is 0.0261. The molecule has 0 saturated carbocycles. The van der Waals surface area contributed by atoms with Gasteiger partial charge in [-0.05, 0) is 70.6 Å². The highest BCUT2D eigenvalue weighted by atomic mass is 16.6. The van der Waals surface area contributed by atoms with Gasteiger partial charge in [-0.2, -0.15) is 0 Å². The second-order valence-electron chi connectivity index (χ2n) is 19.9. The van der Waals surface area contributed by atoms with Crippen LogP contribution in [-0.4, -0.2) is 37.2 Å². The van der Waals surface area contributed by atoms with Gasteiger partial charge in [-0.1, -0.05) is 280 Å². The van der Waals surface area contributed by atoms with E-state index in [1.54, 1.807) is 0 Å². The summed E-state index contributed by atoms with van der Waals surface area (Å²) in [4.78, 5) is 37.8. The highest BCUT2D eigenvalue weighted by molar-refractivity contribution is 5.71. The van der Waals surface area contributed by atoms with E-state index in [0.717, 1.165) is 103 Å². The first-order chi connectivity index (χ1) is 34.5. The van der Waals surface area contributed by atoms with Crippen LogP contribution < -0.4 is 0 Å². The van der Waals surface area contributed by atoms with Gasteiger partial charge in [-0.15, -0.1) is 0 Å². The van der Waals surface area contributed by atoms with Crippen LogP contribution in [0.1, 0.15) is 297 Å². The molecule has 0 aromatic rings. The van der Waals surface area contributed by atoms with Crippen molar-refractivity contribution in [3.05, 3.63) is 72.9 Å². The minimum atomic E-state index is -0.769. The van der Waals surface area contributed by atoms with Crippen molar-refractivity contribution in [1.82, 2.24) is 0 Å². The molecule has 1 unspecified atom stereocenters. The maximum Gasteiger partial charge on any atom is 0.306 e. The lowest BCUT2D eigenvalue weighted by Crippen LogP contribution is -2.30. The van der Waals surface area contributed by atoms with Crippen LogP contribution in [0.3, 0.4) is 0 Å². The molecule has 0 heterocycles. The summed E-state index contributed by atoms with van der Waals surface area (Å²) in [5.74, 6) is -0.877. The molecular weight excluding hydrogens is 865 g/mol. The molecule has 0 saturated heterocycles. The summed E-state index contributed by atoms with van der Waals surface area (Å²) < 4.78 is 16.7. The monoisotopic (exact) mass is 977 g/mol. The topological polar surface area (TPSA) is 78.9 Å². The molecule has 404 valence electrons. The van der Waals surface area contributed by atoms with Crippen LogP contribution in [0.4, 0.5) is 0 Å².